The molecule has 0 radical (unpaired) electrons. The number of fused-ring (bicyclic) bond motifs is 3. The van der Waals surface area contributed by atoms with Gasteiger partial charge in [0.2, 0.25) is 5.91 Å². The van der Waals surface area contributed by atoms with Crippen molar-refractivity contribution in [2.24, 2.45) is 23.7 Å². The van der Waals surface area contributed by atoms with E-state index >= 15 is 0 Å². The molecule has 32 heavy (non-hydrogen) atoms. The second-order valence-corrected chi connectivity index (χ2v) is 9.11. The topological polar surface area (TPSA) is 92.7 Å². The van der Waals surface area contributed by atoms with Crippen LogP contribution in [-0.2, 0) is 14.3 Å². The van der Waals surface area contributed by atoms with Crippen LogP contribution < -0.4 is 5.32 Å². The zero-order valence-corrected chi connectivity index (χ0v) is 18.1. The SMILES string of the molecule is COC(=O)c1c(-c2ccc3ccccc3c2)csc1NC(=O)[C@@H]1[C@@H](C(=O)O)[C@H]2C=C[C@H]1C2. The molecule has 162 valence electrons. The van der Waals surface area contributed by atoms with Gasteiger partial charge in [0.25, 0.3) is 0 Å². The molecule has 1 aromatic heterocycles. The van der Waals surface area contributed by atoms with Gasteiger partial charge in [0, 0.05) is 10.9 Å². The lowest BCUT2D eigenvalue weighted by atomic mass is 9.82. The molecular formula is C25H21NO5S. The number of carboxylic acid groups (broad SMARTS) is 1. The first-order chi connectivity index (χ1) is 15.5. The Morgan fingerprint density at radius 3 is 2.47 bits per heavy atom. The number of carbonyl (C=O) groups is 3. The number of benzene rings is 2. The fourth-order valence-electron chi connectivity index (χ4n) is 5.04. The molecule has 0 aliphatic heterocycles. The standard InChI is InChI=1S/C25H21NO5S/c1-31-25(30)21-18(15-7-6-13-4-2-3-5-14(13)10-15)12-32-23(21)26-22(27)19-16-8-9-17(11-16)20(19)24(28)29/h2-10,12,16-17,19-20H,11H2,1H3,(H,26,27)(H,28,29)/t16-,17-,19-,20-/m0/s1. The average Bonchev–Trinajstić information content (AvgIpc) is 3.52. The molecule has 2 bridgehead atoms. The Morgan fingerprint density at radius 2 is 1.75 bits per heavy atom. The van der Waals surface area contributed by atoms with E-state index in [-0.39, 0.29) is 23.3 Å². The van der Waals surface area contributed by atoms with Crippen molar-refractivity contribution in [1.29, 1.82) is 0 Å². The second-order valence-electron chi connectivity index (χ2n) is 8.23. The minimum atomic E-state index is -0.960. The van der Waals surface area contributed by atoms with Gasteiger partial charge in [-0.05, 0) is 40.7 Å². The van der Waals surface area contributed by atoms with Gasteiger partial charge in [0.15, 0.2) is 0 Å². The van der Waals surface area contributed by atoms with Crippen molar-refractivity contribution in [2.75, 3.05) is 12.4 Å². The molecule has 0 unspecified atom stereocenters. The van der Waals surface area contributed by atoms with Crippen molar-refractivity contribution in [3.63, 3.8) is 0 Å². The van der Waals surface area contributed by atoms with Gasteiger partial charge >= 0.3 is 11.9 Å². The number of carbonyl (C=O) groups excluding carboxylic acids is 2. The molecule has 0 spiro atoms. The Balaban J connectivity index is 1.50. The van der Waals surface area contributed by atoms with Crippen molar-refractivity contribution >= 4 is 45.0 Å². The Labute approximate surface area is 188 Å². The van der Waals surface area contributed by atoms with E-state index in [0.29, 0.717) is 17.0 Å². The maximum atomic E-state index is 13.1. The number of hydrogen-bond acceptors (Lipinski definition) is 5. The summed E-state index contributed by atoms with van der Waals surface area (Å²) in [4.78, 5) is 37.6. The highest BCUT2D eigenvalue weighted by Gasteiger charge is 2.51. The number of allylic oxidation sites excluding steroid dienone is 2. The number of ether oxygens (including phenoxy) is 1. The number of amides is 1. The highest BCUT2D eigenvalue weighted by molar-refractivity contribution is 7.15. The highest BCUT2D eigenvalue weighted by Crippen LogP contribution is 2.49. The van der Waals surface area contributed by atoms with E-state index in [1.165, 1.54) is 18.4 Å². The number of esters is 1. The van der Waals surface area contributed by atoms with E-state index in [1.807, 2.05) is 60.0 Å². The summed E-state index contributed by atoms with van der Waals surface area (Å²) < 4.78 is 5.01. The van der Waals surface area contributed by atoms with E-state index < -0.39 is 23.8 Å². The number of nitrogens with one attached hydrogen (secondary N) is 1. The van der Waals surface area contributed by atoms with E-state index in [9.17, 15) is 19.5 Å². The van der Waals surface area contributed by atoms with Crippen molar-refractivity contribution in [3.8, 4) is 11.1 Å². The summed E-state index contributed by atoms with van der Waals surface area (Å²) >= 11 is 1.24. The third kappa shape index (κ3) is 3.29. The first-order valence-electron chi connectivity index (χ1n) is 10.4. The van der Waals surface area contributed by atoms with Crippen LogP contribution in [0.2, 0.25) is 0 Å². The number of rotatable bonds is 5. The Hall–Kier alpha value is -3.45. The maximum absolute atomic E-state index is 13.1. The number of hydrogen-bond donors (Lipinski definition) is 2. The van der Waals surface area contributed by atoms with Gasteiger partial charge in [-0.2, -0.15) is 0 Å². The molecule has 1 heterocycles. The summed E-state index contributed by atoms with van der Waals surface area (Å²) in [5.74, 6) is -3.49. The van der Waals surface area contributed by atoms with Gasteiger partial charge < -0.3 is 15.2 Å². The third-order valence-corrected chi connectivity index (χ3v) is 7.42. The molecule has 2 N–H and O–H groups in total. The number of thiophene rings is 1. The van der Waals surface area contributed by atoms with Crippen LogP contribution >= 0.6 is 11.3 Å². The van der Waals surface area contributed by atoms with Crippen LogP contribution in [-0.4, -0.2) is 30.1 Å². The minimum absolute atomic E-state index is 0.0948. The number of aliphatic carboxylic acids is 1. The monoisotopic (exact) mass is 447 g/mol. The Morgan fingerprint density at radius 1 is 1.03 bits per heavy atom. The smallest absolute Gasteiger partial charge is 0.341 e. The maximum Gasteiger partial charge on any atom is 0.341 e. The number of carboxylic acids is 1. The normalized spacial score (nSPS) is 23.4. The van der Waals surface area contributed by atoms with Crippen LogP contribution in [0.15, 0.2) is 60.0 Å². The highest BCUT2D eigenvalue weighted by atomic mass is 32.1. The second kappa shape index (κ2) is 7.91. The van der Waals surface area contributed by atoms with E-state index in [1.54, 1.807) is 0 Å². The molecule has 2 aliphatic carbocycles. The molecule has 1 saturated carbocycles. The average molecular weight is 448 g/mol. The van der Waals surface area contributed by atoms with Gasteiger partial charge in [0.05, 0.1) is 18.9 Å². The van der Waals surface area contributed by atoms with Crippen LogP contribution in [0.25, 0.3) is 21.9 Å². The summed E-state index contributed by atoms with van der Waals surface area (Å²) in [5.41, 5.74) is 1.80. The van der Waals surface area contributed by atoms with Gasteiger partial charge in [-0.15, -0.1) is 11.3 Å². The molecule has 5 rings (SSSR count). The Bertz CT molecular complexity index is 1280. The molecule has 0 saturated heterocycles. The fourth-order valence-corrected chi connectivity index (χ4v) is 6.00. The summed E-state index contributed by atoms with van der Waals surface area (Å²) in [7, 11) is 1.30. The predicted molar refractivity (Wildman–Crippen MR) is 123 cm³/mol. The summed E-state index contributed by atoms with van der Waals surface area (Å²) in [5, 5.41) is 16.8. The third-order valence-electron chi connectivity index (χ3n) is 6.52. The largest absolute Gasteiger partial charge is 0.481 e. The van der Waals surface area contributed by atoms with Crippen molar-refractivity contribution < 1.29 is 24.2 Å². The van der Waals surface area contributed by atoms with Crippen LogP contribution in [0.5, 0.6) is 0 Å². The van der Waals surface area contributed by atoms with Crippen LogP contribution in [0.1, 0.15) is 16.8 Å². The molecule has 3 aromatic rings. The lowest BCUT2D eigenvalue weighted by Crippen LogP contribution is -2.36. The molecule has 4 atom stereocenters. The van der Waals surface area contributed by atoms with Crippen LogP contribution in [0.3, 0.4) is 0 Å². The number of anilines is 1. The van der Waals surface area contributed by atoms with Gasteiger partial charge in [0.1, 0.15) is 10.6 Å². The zero-order valence-electron chi connectivity index (χ0n) is 17.3. The summed E-state index contributed by atoms with van der Waals surface area (Å²) in [6, 6.07) is 13.9. The lowest BCUT2D eigenvalue weighted by Gasteiger charge is -2.23. The van der Waals surface area contributed by atoms with E-state index in [4.69, 9.17) is 4.74 Å². The first-order valence-corrected chi connectivity index (χ1v) is 11.3. The fraction of sp³-hybridized carbons (Fsp3) is 0.240. The summed E-state index contributed by atoms with van der Waals surface area (Å²) in [6.45, 7) is 0. The molecule has 6 nitrogen and oxygen atoms in total. The predicted octanol–water partition coefficient (Wildman–Crippen LogP) is 4.82. The Kier molecular flexibility index (Phi) is 5.06. The molecular weight excluding hydrogens is 426 g/mol. The minimum Gasteiger partial charge on any atom is -0.481 e. The van der Waals surface area contributed by atoms with Crippen molar-refractivity contribution in [1.82, 2.24) is 0 Å². The van der Waals surface area contributed by atoms with E-state index in [0.717, 1.165) is 16.3 Å². The quantitative estimate of drug-likeness (QED) is 0.432. The molecule has 7 heteroatoms. The van der Waals surface area contributed by atoms with Crippen molar-refractivity contribution in [2.45, 2.75) is 6.42 Å². The first kappa shape index (κ1) is 20.5. The summed E-state index contributed by atoms with van der Waals surface area (Å²) in [6.07, 6.45) is 4.51. The van der Waals surface area contributed by atoms with Crippen molar-refractivity contribution in [3.05, 3.63) is 65.6 Å². The van der Waals surface area contributed by atoms with Gasteiger partial charge in [-0.25, -0.2) is 4.79 Å². The lowest BCUT2D eigenvalue weighted by molar-refractivity contribution is -0.146. The molecule has 2 aromatic carbocycles. The van der Waals surface area contributed by atoms with Gasteiger partial charge in [-0.3, -0.25) is 9.59 Å². The molecule has 2 aliphatic rings. The van der Waals surface area contributed by atoms with Crippen LogP contribution in [0.4, 0.5) is 5.00 Å². The van der Waals surface area contributed by atoms with Gasteiger partial charge in [-0.1, -0.05) is 48.6 Å². The van der Waals surface area contributed by atoms with Crippen LogP contribution in [0, 0.1) is 23.7 Å². The van der Waals surface area contributed by atoms with E-state index in [2.05, 4.69) is 5.32 Å². The molecule has 1 fully saturated rings. The zero-order chi connectivity index (χ0) is 22.4. The molecule has 1 amide bonds. The number of methoxy groups -OCH3 is 1.